The summed E-state index contributed by atoms with van der Waals surface area (Å²) in [6, 6.07) is 15.6. The van der Waals surface area contributed by atoms with Crippen LogP contribution in [-0.2, 0) is 20.9 Å². The van der Waals surface area contributed by atoms with Crippen LogP contribution in [0.15, 0.2) is 54.6 Å². The first-order chi connectivity index (χ1) is 16.6. The van der Waals surface area contributed by atoms with Gasteiger partial charge in [0.15, 0.2) is 0 Å². The van der Waals surface area contributed by atoms with Crippen molar-refractivity contribution in [3.8, 4) is 6.07 Å². The predicted molar refractivity (Wildman–Crippen MR) is 130 cm³/mol. The van der Waals surface area contributed by atoms with E-state index >= 15 is 0 Å². The summed E-state index contributed by atoms with van der Waals surface area (Å²) >= 11 is 0. The van der Waals surface area contributed by atoms with E-state index in [1.54, 1.807) is 52.0 Å². The lowest BCUT2D eigenvalue weighted by Crippen LogP contribution is -2.54. The quantitative estimate of drug-likeness (QED) is 0.473. The first-order valence-electron chi connectivity index (χ1n) is 11.2. The molecule has 0 aliphatic carbocycles. The first-order valence-corrected chi connectivity index (χ1v) is 11.2. The van der Waals surface area contributed by atoms with Gasteiger partial charge in [-0.2, -0.15) is 5.26 Å². The second kappa shape index (κ2) is 12.5. The molecule has 0 spiro atoms. The van der Waals surface area contributed by atoms with E-state index in [2.05, 4.69) is 10.6 Å². The van der Waals surface area contributed by atoms with Crippen molar-refractivity contribution >= 4 is 17.9 Å². The molecule has 0 saturated heterocycles. The number of hydrogen-bond acceptors (Lipinski definition) is 6. The van der Waals surface area contributed by atoms with E-state index in [9.17, 15) is 24.8 Å². The Morgan fingerprint density at radius 2 is 1.71 bits per heavy atom. The lowest BCUT2D eigenvalue weighted by molar-refractivity contribution is -0.142. The standard InChI is InChI=1S/C26H32N4O5/c1-18-10-8-9-13-20(18)22(23(32)28-16-19-11-6-5-7-12-19)30(15-14-27)24(33)21(17-31)29-25(34)35-26(2,3)4/h5-13,21-22,31H,15-17H2,1-4H3,(H,28,32)(H,29,34). The number of alkyl carbamates (subject to hydrolysis) is 1. The van der Waals surface area contributed by atoms with Crippen molar-refractivity contribution in [3.05, 3.63) is 71.3 Å². The minimum Gasteiger partial charge on any atom is -0.444 e. The summed E-state index contributed by atoms with van der Waals surface area (Å²) in [5, 5.41) is 24.5. The highest BCUT2D eigenvalue weighted by Gasteiger charge is 2.36. The summed E-state index contributed by atoms with van der Waals surface area (Å²) < 4.78 is 5.18. The maximum Gasteiger partial charge on any atom is 0.408 e. The van der Waals surface area contributed by atoms with E-state index < -0.39 is 48.7 Å². The molecular formula is C26H32N4O5. The first kappa shape index (κ1) is 27.3. The van der Waals surface area contributed by atoms with Crippen molar-refractivity contribution in [2.45, 2.75) is 51.9 Å². The molecule has 0 aliphatic rings. The molecule has 2 unspecified atom stereocenters. The molecular weight excluding hydrogens is 448 g/mol. The van der Waals surface area contributed by atoms with Crippen LogP contribution in [0.5, 0.6) is 0 Å². The van der Waals surface area contributed by atoms with Crippen molar-refractivity contribution in [1.82, 2.24) is 15.5 Å². The zero-order chi connectivity index (χ0) is 26.0. The Balaban J connectivity index is 2.38. The number of hydrogen-bond donors (Lipinski definition) is 3. The van der Waals surface area contributed by atoms with E-state index in [1.165, 1.54) is 0 Å². The molecule has 2 aromatic rings. The Morgan fingerprint density at radius 1 is 1.09 bits per heavy atom. The molecule has 186 valence electrons. The summed E-state index contributed by atoms with van der Waals surface area (Å²) in [4.78, 5) is 40.2. The highest BCUT2D eigenvalue weighted by Crippen LogP contribution is 2.25. The van der Waals surface area contributed by atoms with Gasteiger partial charge in [-0.15, -0.1) is 0 Å². The summed E-state index contributed by atoms with van der Waals surface area (Å²) in [7, 11) is 0. The molecule has 2 atom stereocenters. The van der Waals surface area contributed by atoms with Crippen LogP contribution in [0, 0.1) is 18.3 Å². The zero-order valence-corrected chi connectivity index (χ0v) is 20.4. The van der Waals surface area contributed by atoms with Crippen molar-refractivity contribution in [2.24, 2.45) is 0 Å². The number of benzene rings is 2. The SMILES string of the molecule is Cc1ccccc1C(C(=O)NCc1ccccc1)N(CC#N)C(=O)C(CO)NC(=O)OC(C)(C)C. The fourth-order valence-corrected chi connectivity index (χ4v) is 3.43. The second-order valence-corrected chi connectivity index (χ2v) is 8.97. The van der Waals surface area contributed by atoms with Gasteiger partial charge >= 0.3 is 6.09 Å². The fraction of sp³-hybridized carbons (Fsp3) is 0.385. The molecule has 3 amide bonds. The third kappa shape index (κ3) is 8.12. The number of carbonyl (C=O) groups excluding carboxylic acids is 3. The number of aliphatic hydroxyl groups excluding tert-OH is 1. The van der Waals surface area contributed by atoms with Crippen molar-refractivity contribution in [2.75, 3.05) is 13.2 Å². The second-order valence-electron chi connectivity index (χ2n) is 8.97. The predicted octanol–water partition coefficient (Wildman–Crippen LogP) is 2.59. The van der Waals surface area contributed by atoms with E-state index in [-0.39, 0.29) is 6.54 Å². The molecule has 9 nitrogen and oxygen atoms in total. The molecule has 0 aromatic heterocycles. The van der Waals surface area contributed by atoms with Crippen LogP contribution in [0.2, 0.25) is 0 Å². The highest BCUT2D eigenvalue weighted by molar-refractivity contribution is 5.92. The average Bonchev–Trinajstić information content (AvgIpc) is 2.81. The zero-order valence-electron chi connectivity index (χ0n) is 20.4. The summed E-state index contributed by atoms with van der Waals surface area (Å²) in [5.74, 6) is -1.29. The molecule has 3 N–H and O–H groups in total. The van der Waals surface area contributed by atoms with Gasteiger partial charge in [0.05, 0.1) is 12.7 Å². The van der Waals surface area contributed by atoms with Crippen molar-refractivity contribution in [1.29, 1.82) is 5.26 Å². The van der Waals surface area contributed by atoms with Gasteiger partial charge in [-0.25, -0.2) is 4.79 Å². The Morgan fingerprint density at radius 3 is 2.29 bits per heavy atom. The number of amides is 3. The van der Waals surface area contributed by atoms with E-state index in [0.29, 0.717) is 5.56 Å². The Labute approximate surface area is 205 Å². The number of carbonyl (C=O) groups is 3. The summed E-state index contributed by atoms with van der Waals surface area (Å²) in [5.41, 5.74) is 1.31. The van der Waals surface area contributed by atoms with Gasteiger partial charge in [0.25, 0.3) is 0 Å². The number of nitrogens with one attached hydrogen (secondary N) is 2. The van der Waals surface area contributed by atoms with E-state index in [0.717, 1.165) is 16.0 Å². The maximum atomic E-state index is 13.4. The van der Waals surface area contributed by atoms with Crippen molar-refractivity contribution in [3.63, 3.8) is 0 Å². The van der Waals surface area contributed by atoms with Crippen LogP contribution in [0.4, 0.5) is 4.79 Å². The monoisotopic (exact) mass is 480 g/mol. The van der Waals surface area contributed by atoms with Crippen LogP contribution >= 0.6 is 0 Å². The molecule has 0 saturated carbocycles. The lowest BCUT2D eigenvalue weighted by Gasteiger charge is -2.33. The summed E-state index contributed by atoms with van der Waals surface area (Å²) in [6.07, 6.45) is -0.900. The molecule has 9 heteroatoms. The number of nitriles is 1. The third-order valence-electron chi connectivity index (χ3n) is 5.05. The minimum atomic E-state index is -1.41. The number of aliphatic hydroxyl groups is 1. The average molecular weight is 481 g/mol. The summed E-state index contributed by atoms with van der Waals surface area (Å²) in [6.45, 7) is 5.82. The van der Waals surface area contributed by atoms with Crippen LogP contribution in [-0.4, -0.2) is 52.7 Å². The van der Waals surface area contributed by atoms with Gasteiger partial charge in [-0.05, 0) is 44.4 Å². The molecule has 0 bridgehead atoms. The number of rotatable bonds is 9. The van der Waals surface area contributed by atoms with Crippen LogP contribution < -0.4 is 10.6 Å². The van der Waals surface area contributed by atoms with Gasteiger partial charge in [0.2, 0.25) is 11.8 Å². The number of ether oxygens (including phenoxy) is 1. The Hall–Kier alpha value is -3.90. The van der Waals surface area contributed by atoms with Crippen LogP contribution in [0.1, 0.15) is 43.5 Å². The van der Waals surface area contributed by atoms with Crippen LogP contribution in [0.25, 0.3) is 0 Å². The van der Waals surface area contributed by atoms with Gasteiger partial charge in [0, 0.05) is 6.54 Å². The molecule has 0 aliphatic heterocycles. The maximum absolute atomic E-state index is 13.4. The van der Waals surface area contributed by atoms with Gasteiger partial charge in [-0.3, -0.25) is 9.59 Å². The van der Waals surface area contributed by atoms with Gasteiger partial charge < -0.3 is 25.4 Å². The molecule has 2 aromatic carbocycles. The topological polar surface area (TPSA) is 132 Å². The smallest absolute Gasteiger partial charge is 0.408 e. The molecule has 0 fully saturated rings. The van der Waals surface area contributed by atoms with Crippen LogP contribution in [0.3, 0.4) is 0 Å². The Bertz CT molecular complexity index is 1060. The minimum absolute atomic E-state index is 0.218. The van der Waals surface area contributed by atoms with E-state index in [4.69, 9.17) is 4.74 Å². The Kier molecular flexibility index (Phi) is 9.79. The van der Waals surface area contributed by atoms with E-state index in [1.807, 2.05) is 36.4 Å². The number of aryl methyl sites for hydroxylation is 1. The largest absolute Gasteiger partial charge is 0.444 e. The number of nitrogens with zero attached hydrogens (tertiary/aromatic N) is 2. The highest BCUT2D eigenvalue weighted by atomic mass is 16.6. The molecule has 2 rings (SSSR count). The molecule has 35 heavy (non-hydrogen) atoms. The van der Waals surface area contributed by atoms with Gasteiger partial charge in [-0.1, -0.05) is 54.6 Å². The normalized spacial score (nSPS) is 12.6. The lowest BCUT2D eigenvalue weighted by atomic mass is 9.98. The fourth-order valence-electron chi connectivity index (χ4n) is 3.43. The van der Waals surface area contributed by atoms with Crippen molar-refractivity contribution < 1.29 is 24.2 Å². The van der Waals surface area contributed by atoms with Gasteiger partial charge in [0.1, 0.15) is 24.2 Å². The molecule has 0 heterocycles. The molecule has 0 radical (unpaired) electrons. The third-order valence-corrected chi connectivity index (χ3v) is 5.05.